The number of ether oxygens (including phenoxy) is 4. The molecule has 2 aromatic carbocycles. The first-order valence-electron chi connectivity index (χ1n) is 13.7. The number of carbonyl (C=O) groups excluding carboxylic acids is 1. The van der Waals surface area contributed by atoms with E-state index in [9.17, 15) is 4.79 Å². The van der Waals surface area contributed by atoms with Crippen molar-refractivity contribution in [2.75, 3.05) is 42.5 Å². The van der Waals surface area contributed by atoms with Gasteiger partial charge in [0.15, 0.2) is 18.2 Å². The first-order valence-corrected chi connectivity index (χ1v) is 13.7. The Morgan fingerprint density at radius 1 is 1.00 bits per heavy atom. The molecule has 42 heavy (non-hydrogen) atoms. The van der Waals surface area contributed by atoms with E-state index in [2.05, 4.69) is 37.4 Å². The van der Waals surface area contributed by atoms with Gasteiger partial charge in [0.25, 0.3) is 0 Å². The summed E-state index contributed by atoms with van der Waals surface area (Å²) in [6.45, 7) is 7.11. The molecule has 4 rings (SSSR count). The molecule has 0 fully saturated rings. The Morgan fingerprint density at radius 3 is 2.19 bits per heavy atom. The van der Waals surface area contributed by atoms with Crippen molar-refractivity contribution in [3.05, 3.63) is 58.3 Å². The predicted molar refractivity (Wildman–Crippen MR) is 162 cm³/mol. The largest absolute Gasteiger partial charge is 0.495 e. The standard InChI is InChI=1S/C32H40N5O5/c1-11-13-22-26(39-7)15-14-23-29(31(38)21-16-27(40-8)32(42-10)28(17-21)41-9)34-36(30(22)23)19-37(5,6)18-25-24(12-2)33-20(3)35(25)4/h14-17H,12,18-19H2,1-10H3/q+1. The molecule has 0 N–H and O–H groups in total. The van der Waals surface area contributed by atoms with Crippen molar-refractivity contribution < 1.29 is 28.2 Å². The van der Waals surface area contributed by atoms with Crippen LogP contribution in [-0.4, -0.2) is 72.1 Å². The number of hydrogen-bond donors (Lipinski definition) is 0. The van der Waals surface area contributed by atoms with Crippen LogP contribution in [0.5, 0.6) is 23.0 Å². The third-order valence-electron chi connectivity index (χ3n) is 7.44. The van der Waals surface area contributed by atoms with Gasteiger partial charge in [0.1, 0.15) is 23.8 Å². The second-order valence-electron chi connectivity index (χ2n) is 10.7. The maximum Gasteiger partial charge on any atom is 0.214 e. The van der Waals surface area contributed by atoms with Gasteiger partial charge < -0.3 is 28.0 Å². The fourth-order valence-electron chi connectivity index (χ4n) is 5.31. The van der Waals surface area contributed by atoms with Gasteiger partial charge in [-0.05, 0) is 44.5 Å². The molecule has 10 heteroatoms. The maximum absolute atomic E-state index is 14.1. The molecule has 0 amide bonds. The molecule has 2 aromatic heterocycles. The molecule has 222 valence electrons. The smallest absolute Gasteiger partial charge is 0.214 e. The monoisotopic (exact) mass is 574 g/mol. The van der Waals surface area contributed by atoms with Crippen LogP contribution in [-0.2, 0) is 26.7 Å². The zero-order chi connectivity index (χ0) is 30.8. The van der Waals surface area contributed by atoms with Crippen molar-refractivity contribution in [1.82, 2.24) is 19.3 Å². The molecule has 2 heterocycles. The van der Waals surface area contributed by atoms with Crippen LogP contribution < -0.4 is 18.9 Å². The Bertz CT molecular complexity index is 1680. The highest BCUT2D eigenvalue weighted by molar-refractivity contribution is 6.16. The van der Waals surface area contributed by atoms with Gasteiger partial charge in [0, 0.05) is 18.0 Å². The molecule has 0 spiro atoms. The van der Waals surface area contributed by atoms with E-state index < -0.39 is 0 Å². The highest BCUT2D eigenvalue weighted by Gasteiger charge is 2.29. The normalized spacial score (nSPS) is 11.3. The number of nitrogens with zero attached hydrogens (tertiary/aromatic N) is 5. The number of imidazole rings is 1. The summed E-state index contributed by atoms with van der Waals surface area (Å²) in [4.78, 5) is 18.9. The molecule has 0 atom stereocenters. The number of methoxy groups -OCH3 is 4. The van der Waals surface area contributed by atoms with Gasteiger partial charge in [-0.15, -0.1) is 5.92 Å². The molecule has 0 saturated carbocycles. The molecular formula is C32H40N5O5+. The van der Waals surface area contributed by atoms with E-state index in [1.165, 1.54) is 27.0 Å². The summed E-state index contributed by atoms with van der Waals surface area (Å²) in [6, 6.07) is 6.97. The highest BCUT2D eigenvalue weighted by Crippen LogP contribution is 2.39. The summed E-state index contributed by atoms with van der Waals surface area (Å²) in [7, 11) is 12.5. The number of aromatic nitrogens is 4. The molecule has 0 aliphatic carbocycles. The summed E-state index contributed by atoms with van der Waals surface area (Å²) in [5.74, 6) is 8.70. The lowest BCUT2D eigenvalue weighted by molar-refractivity contribution is -0.926. The average Bonchev–Trinajstić information content (AvgIpc) is 3.47. The quantitative estimate of drug-likeness (QED) is 0.148. The fourth-order valence-corrected chi connectivity index (χ4v) is 5.31. The number of aryl methyl sites for hydroxylation is 2. The summed E-state index contributed by atoms with van der Waals surface area (Å²) in [5, 5.41) is 5.61. The van der Waals surface area contributed by atoms with Crippen molar-refractivity contribution in [3.8, 4) is 34.8 Å². The van der Waals surface area contributed by atoms with Crippen molar-refractivity contribution in [3.63, 3.8) is 0 Å². The molecule has 4 aromatic rings. The number of benzene rings is 2. The second-order valence-corrected chi connectivity index (χ2v) is 10.7. The lowest BCUT2D eigenvalue weighted by Crippen LogP contribution is -2.41. The van der Waals surface area contributed by atoms with Crippen LogP contribution in [0.15, 0.2) is 24.3 Å². The summed E-state index contributed by atoms with van der Waals surface area (Å²) >= 11 is 0. The summed E-state index contributed by atoms with van der Waals surface area (Å²) in [5.41, 5.74) is 4.34. The third-order valence-corrected chi connectivity index (χ3v) is 7.44. The van der Waals surface area contributed by atoms with Gasteiger partial charge >= 0.3 is 0 Å². The Balaban J connectivity index is 1.90. The van der Waals surface area contributed by atoms with Crippen LogP contribution in [0, 0.1) is 18.8 Å². The molecule has 0 aliphatic rings. The topological polar surface area (TPSA) is 89.6 Å². The molecule has 0 aliphatic heterocycles. The Kier molecular flexibility index (Phi) is 8.83. The fraction of sp³-hybridized carbons (Fsp3) is 0.406. The van der Waals surface area contributed by atoms with Gasteiger partial charge in [-0.3, -0.25) is 4.79 Å². The minimum absolute atomic E-state index is 0.278. The minimum Gasteiger partial charge on any atom is -0.495 e. The Labute approximate surface area is 247 Å². The first kappa shape index (κ1) is 30.5. The third kappa shape index (κ3) is 5.52. The van der Waals surface area contributed by atoms with Crippen LogP contribution in [0.1, 0.15) is 52.7 Å². The number of quaternary nitrogens is 1. The van der Waals surface area contributed by atoms with E-state index in [1.807, 2.05) is 30.8 Å². The number of carbonyl (C=O) groups is 1. The zero-order valence-corrected chi connectivity index (χ0v) is 26.2. The average molecular weight is 575 g/mol. The number of rotatable bonds is 11. The van der Waals surface area contributed by atoms with Gasteiger partial charge in [-0.25, -0.2) is 9.67 Å². The van der Waals surface area contributed by atoms with E-state index in [0.29, 0.717) is 56.4 Å². The molecule has 0 radical (unpaired) electrons. The predicted octanol–water partition coefficient (Wildman–Crippen LogP) is 4.51. The van der Waals surface area contributed by atoms with Crippen molar-refractivity contribution >= 4 is 16.7 Å². The van der Waals surface area contributed by atoms with Gasteiger partial charge in [-0.1, -0.05) is 12.8 Å². The second kappa shape index (κ2) is 12.2. The van der Waals surface area contributed by atoms with E-state index in [0.717, 1.165) is 30.0 Å². The van der Waals surface area contributed by atoms with Gasteiger partial charge in [0.05, 0.1) is 65.0 Å². The van der Waals surface area contributed by atoms with Crippen molar-refractivity contribution in [2.24, 2.45) is 7.05 Å². The van der Waals surface area contributed by atoms with Gasteiger partial charge in [-0.2, -0.15) is 5.10 Å². The van der Waals surface area contributed by atoms with E-state index in [-0.39, 0.29) is 5.78 Å². The molecule has 0 saturated heterocycles. The minimum atomic E-state index is -0.278. The van der Waals surface area contributed by atoms with E-state index >= 15 is 0 Å². The molecule has 0 bridgehead atoms. The van der Waals surface area contributed by atoms with Gasteiger partial charge in [0.2, 0.25) is 11.5 Å². The Morgan fingerprint density at radius 2 is 1.64 bits per heavy atom. The lowest BCUT2D eigenvalue weighted by atomic mass is 10.0. The number of fused-ring (bicyclic) bond motifs is 1. The van der Waals surface area contributed by atoms with Crippen LogP contribution in [0.3, 0.4) is 0 Å². The van der Waals surface area contributed by atoms with Crippen LogP contribution in [0.2, 0.25) is 0 Å². The van der Waals surface area contributed by atoms with Crippen molar-refractivity contribution in [1.29, 1.82) is 0 Å². The maximum atomic E-state index is 14.1. The van der Waals surface area contributed by atoms with Crippen molar-refractivity contribution in [2.45, 2.75) is 40.4 Å². The SMILES string of the molecule is CC#Cc1c(OC)ccc2c(C(=O)c3cc(OC)c(OC)c(OC)c3)nn(C[N+](C)(C)Cc3c(CC)nc(C)n3C)c12. The molecule has 0 unspecified atom stereocenters. The Hall–Kier alpha value is -4.49. The highest BCUT2D eigenvalue weighted by atomic mass is 16.5. The van der Waals surface area contributed by atoms with Crippen LogP contribution in [0.4, 0.5) is 0 Å². The first-order chi connectivity index (χ1) is 20.0. The van der Waals surface area contributed by atoms with Crippen LogP contribution >= 0.6 is 0 Å². The number of hydrogen-bond acceptors (Lipinski definition) is 7. The summed E-state index contributed by atoms with van der Waals surface area (Å²) in [6.07, 6.45) is 0.850. The number of ketones is 1. The molecular weight excluding hydrogens is 534 g/mol. The zero-order valence-electron chi connectivity index (χ0n) is 26.2. The van der Waals surface area contributed by atoms with E-state index in [1.54, 1.807) is 26.2 Å². The lowest BCUT2D eigenvalue weighted by Gasteiger charge is -2.30. The van der Waals surface area contributed by atoms with E-state index in [4.69, 9.17) is 29.0 Å². The van der Waals surface area contributed by atoms with Crippen LogP contribution in [0.25, 0.3) is 10.9 Å². The summed E-state index contributed by atoms with van der Waals surface area (Å²) < 4.78 is 26.7. The molecule has 10 nitrogen and oxygen atoms in total.